The summed E-state index contributed by atoms with van der Waals surface area (Å²) in [5.41, 5.74) is 0.738. The van der Waals surface area contributed by atoms with E-state index in [1.807, 2.05) is 17.5 Å². The molecule has 2 aromatic heterocycles. The van der Waals surface area contributed by atoms with Crippen molar-refractivity contribution in [3.05, 3.63) is 18.7 Å². The summed E-state index contributed by atoms with van der Waals surface area (Å²) in [4.78, 5) is 6.42. The van der Waals surface area contributed by atoms with Crippen LogP contribution in [0.4, 0.5) is 5.82 Å². The van der Waals surface area contributed by atoms with Crippen molar-refractivity contribution in [1.29, 1.82) is 0 Å². The maximum atomic E-state index is 8.65. The zero-order valence-electron chi connectivity index (χ0n) is 10.4. The first kappa shape index (κ1) is 12.7. The summed E-state index contributed by atoms with van der Waals surface area (Å²) in [6.45, 7) is 4.52. The molecule has 2 heterocycles. The molecule has 98 valence electrons. The van der Waals surface area contributed by atoms with Gasteiger partial charge in [-0.3, -0.25) is 4.40 Å². The van der Waals surface area contributed by atoms with E-state index in [0.29, 0.717) is 19.8 Å². The van der Waals surface area contributed by atoms with E-state index in [2.05, 4.69) is 20.1 Å². The van der Waals surface area contributed by atoms with E-state index in [1.54, 1.807) is 12.5 Å². The number of anilines is 1. The fraction of sp³-hybridized carbons (Fsp3) is 0.545. The van der Waals surface area contributed by atoms with Crippen molar-refractivity contribution < 1.29 is 9.84 Å². The fourth-order valence-corrected chi connectivity index (χ4v) is 1.72. The molecule has 2 rings (SSSR count). The third-order valence-corrected chi connectivity index (χ3v) is 2.62. The highest BCUT2D eigenvalue weighted by atomic mass is 16.5. The number of rotatable bonds is 7. The zero-order chi connectivity index (χ0) is 12.8. The van der Waals surface area contributed by atoms with Gasteiger partial charge < -0.3 is 14.7 Å². The molecule has 7 nitrogen and oxygen atoms in total. The number of ether oxygens (including phenoxy) is 1. The number of hydrogen-bond donors (Lipinski definition) is 1. The first-order valence-electron chi connectivity index (χ1n) is 5.94. The summed E-state index contributed by atoms with van der Waals surface area (Å²) < 4.78 is 7.10. The lowest BCUT2D eigenvalue weighted by atomic mass is 10.4. The first-order valence-corrected chi connectivity index (χ1v) is 5.94. The summed E-state index contributed by atoms with van der Waals surface area (Å²) in [7, 11) is 0. The molecule has 2 aromatic rings. The Morgan fingerprint density at radius 2 is 2.33 bits per heavy atom. The van der Waals surface area contributed by atoms with Crippen LogP contribution in [0, 0.1) is 0 Å². The van der Waals surface area contributed by atoms with Crippen LogP contribution >= 0.6 is 0 Å². The van der Waals surface area contributed by atoms with Gasteiger partial charge in [-0.15, -0.1) is 10.2 Å². The molecule has 0 aliphatic carbocycles. The maximum absolute atomic E-state index is 8.65. The third-order valence-electron chi connectivity index (χ3n) is 2.62. The van der Waals surface area contributed by atoms with Crippen LogP contribution in [0.2, 0.25) is 0 Å². The third kappa shape index (κ3) is 2.74. The molecule has 7 heteroatoms. The van der Waals surface area contributed by atoms with Crippen molar-refractivity contribution in [2.75, 3.05) is 37.8 Å². The lowest BCUT2D eigenvalue weighted by Gasteiger charge is -2.21. The Balaban J connectivity index is 2.09. The Morgan fingerprint density at radius 3 is 3.11 bits per heavy atom. The summed E-state index contributed by atoms with van der Waals surface area (Å²) in [5.74, 6) is 0.796. The van der Waals surface area contributed by atoms with Crippen LogP contribution in [-0.4, -0.2) is 57.6 Å². The van der Waals surface area contributed by atoms with Gasteiger partial charge in [-0.25, -0.2) is 4.98 Å². The number of aliphatic hydroxyl groups is 1. The molecule has 0 aliphatic heterocycles. The van der Waals surface area contributed by atoms with Crippen molar-refractivity contribution in [2.45, 2.75) is 6.92 Å². The lowest BCUT2D eigenvalue weighted by molar-refractivity contribution is 0.0967. The highest BCUT2D eigenvalue weighted by Gasteiger charge is 2.11. The summed E-state index contributed by atoms with van der Waals surface area (Å²) in [6, 6.07) is 0. The van der Waals surface area contributed by atoms with Crippen molar-refractivity contribution in [2.24, 2.45) is 0 Å². The Labute approximate surface area is 105 Å². The van der Waals surface area contributed by atoms with Gasteiger partial charge in [0.15, 0.2) is 5.82 Å². The van der Waals surface area contributed by atoms with Crippen LogP contribution in [0.1, 0.15) is 6.92 Å². The highest BCUT2D eigenvalue weighted by Crippen LogP contribution is 2.15. The Morgan fingerprint density at radius 1 is 1.44 bits per heavy atom. The van der Waals surface area contributed by atoms with Crippen molar-refractivity contribution >= 4 is 11.5 Å². The Hall–Kier alpha value is -1.73. The van der Waals surface area contributed by atoms with Crippen molar-refractivity contribution in [1.82, 2.24) is 19.6 Å². The molecule has 0 aliphatic rings. The summed E-state index contributed by atoms with van der Waals surface area (Å²) in [6.07, 6.45) is 5.19. The van der Waals surface area contributed by atoms with Gasteiger partial charge in [0.05, 0.1) is 19.8 Å². The van der Waals surface area contributed by atoms with Gasteiger partial charge in [-0.2, -0.15) is 0 Å². The molecule has 0 atom stereocenters. The van der Waals surface area contributed by atoms with Crippen LogP contribution in [0.25, 0.3) is 5.65 Å². The molecule has 0 unspecified atom stereocenters. The van der Waals surface area contributed by atoms with Crippen LogP contribution in [-0.2, 0) is 4.74 Å². The van der Waals surface area contributed by atoms with Crippen LogP contribution in [0.15, 0.2) is 18.7 Å². The van der Waals surface area contributed by atoms with Crippen molar-refractivity contribution in [3.63, 3.8) is 0 Å². The Kier molecular flexibility index (Phi) is 4.43. The topological polar surface area (TPSA) is 75.8 Å². The molecular formula is C11H17N5O2. The molecule has 0 bridgehead atoms. The molecule has 0 saturated carbocycles. The van der Waals surface area contributed by atoms with E-state index in [1.165, 1.54) is 0 Å². The maximum Gasteiger partial charge on any atom is 0.203 e. The molecular weight excluding hydrogens is 234 g/mol. The highest BCUT2D eigenvalue weighted by molar-refractivity contribution is 5.63. The van der Waals surface area contributed by atoms with Gasteiger partial charge in [-0.1, -0.05) is 0 Å². The number of aromatic nitrogens is 4. The van der Waals surface area contributed by atoms with Crippen LogP contribution < -0.4 is 4.90 Å². The zero-order valence-corrected chi connectivity index (χ0v) is 10.4. The van der Waals surface area contributed by atoms with E-state index >= 15 is 0 Å². The van der Waals surface area contributed by atoms with Gasteiger partial charge in [0.25, 0.3) is 0 Å². The lowest BCUT2D eigenvalue weighted by Crippen LogP contribution is -2.28. The molecule has 0 spiro atoms. The molecule has 0 aromatic carbocycles. The average Bonchev–Trinajstić information content (AvgIpc) is 2.87. The first-order chi connectivity index (χ1) is 8.86. The fourth-order valence-electron chi connectivity index (χ4n) is 1.72. The smallest absolute Gasteiger partial charge is 0.203 e. The molecule has 0 amide bonds. The van der Waals surface area contributed by atoms with E-state index in [0.717, 1.165) is 18.0 Å². The minimum absolute atomic E-state index is 0.0458. The SMILES string of the molecule is CCN(CCOCCO)c1nccn2cnnc12. The van der Waals surface area contributed by atoms with Gasteiger partial charge >= 0.3 is 0 Å². The van der Waals surface area contributed by atoms with Crippen molar-refractivity contribution in [3.8, 4) is 0 Å². The van der Waals surface area contributed by atoms with Crippen LogP contribution in [0.5, 0.6) is 0 Å². The summed E-state index contributed by atoms with van der Waals surface area (Å²) in [5, 5.41) is 16.6. The van der Waals surface area contributed by atoms with Gasteiger partial charge in [-0.05, 0) is 6.92 Å². The van der Waals surface area contributed by atoms with E-state index in [-0.39, 0.29) is 6.61 Å². The Bertz CT molecular complexity index is 487. The quantitative estimate of drug-likeness (QED) is 0.696. The molecule has 0 saturated heterocycles. The second-order valence-corrected chi connectivity index (χ2v) is 3.73. The van der Waals surface area contributed by atoms with E-state index in [4.69, 9.17) is 9.84 Å². The largest absolute Gasteiger partial charge is 0.394 e. The van der Waals surface area contributed by atoms with Gasteiger partial charge in [0, 0.05) is 25.5 Å². The number of aliphatic hydroxyl groups excluding tert-OH is 1. The van der Waals surface area contributed by atoms with Gasteiger partial charge in [0.2, 0.25) is 5.65 Å². The van der Waals surface area contributed by atoms with Gasteiger partial charge in [0.1, 0.15) is 6.33 Å². The monoisotopic (exact) mass is 251 g/mol. The molecule has 1 N–H and O–H groups in total. The second-order valence-electron chi connectivity index (χ2n) is 3.73. The second kappa shape index (κ2) is 6.27. The minimum Gasteiger partial charge on any atom is -0.394 e. The number of likely N-dealkylation sites (N-methyl/N-ethyl adjacent to an activating group) is 1. The average molecular weight is 251 g/mol. The predicted molar refractivity (Wildman–Crippen MR) is 66.6 cm³/mol. The minimum atomic E-state index is 0.0458. The predicted octanol–water partition coefficient (Wildman–Crippen LogP) is -0.0405. The summed E-state index contributed by atoms with van der Waals surface area (Å²) >= 11 is 0. The number of nitrogens with zero attached hydrogens (tertiary/aromatic N) is 5. The molecule has 0 radical (unpaired) electrons. The van der Waals surface area contributed by atoms with Crippen LogP contribution in [0.3, 0.4) is 0 Å². The number of hydrogen-bond acceptors (Lipinski definition) is 6. The standard InChI is InChI=1S/C11H17N5O2/c1-2-15(5-7-18-8-6-17)10-11-14-13-9-16(11)4-3-12-10/h3-4,9,17H,2,5-8H2,1H3. The van der Waals surface area contributed by atoms with E-state index < -0.39 is 0 Å². The normalized spacial score (nSPS) is 11.0. The molecule has 18 heavy (non-hydrogen) atoms. The number of fused-ring (bicyclic) bond motifs is 1. The van der Waals surface area contributed by atoms with E-state index in [9.17, 15) is 0 Å². The molecule has 0 fully saturated rings.